The van der Waals surface area contributed by atoms with Crippen LogP contribution in [0.1, 0.15) is 22.3 Å². The molecule has 1 aliphatic carbocycles. The van der Waals surface area contributed by atoms with Crippen molar-refractivity contribution in [1.29, 1.82) is 0 Å². The van der Waals surface area contributed by atoms with Gasteiger partial charge in [0.15, 0.2) is 17.5 Å². The molecule has 0 unspecified atom stereocenters. The Hall–Kier alpha value is -7.14. The lowest BCUT2D eigenvalue weighted by Crippen LogP contribution is -2.31. The smallest absolute Gasteiger partial charge is 0.164 e. The van der Waals surface area contributed by atoms with E-state index in [1.165, 1.54) is 64.9 Å². The zero-order valence-electron chi connectivity index (χ0n) is 31.3. The molecule has 10 aromatic rings. The number of rotatable bonds is 4. The van der Waals surface area contributed by atoms with Crippen molar-refractivity contribution >= 4 is 33.3 Å². The van der Waals surface area contributed by atoms with Crippen LogP contribution in [-0.2, 0) is 5.41 Å². The monoisotopic (exact) mass is 755 g/mol. The van der Waals surface area contributed by atoms with Crippen molar-refractivity contribution in [2.75, 3.05) is 0 Å². The van der Waals surface area contributed by atoms with Gasteiger partial charge >= 0.3 is 0 Å². The van der Waals surface area contributed by atoms with Gasteiger partial charge in [-0.1, -0.05) is 194 Å². The fourth-order valence-corrected chi connectivity index (χ4v) is 10.6. The molecule has 2 aliphatic rings. The molecule has 1 aliphatic heterocycles. The summed E-state index contributed by atoms with van der Waals surface area (Å²) in [5.41, 5.74) is 12.8. The van der Waals surface area contributed by atoms with E-state index in [-0.39, 0.29) is 5.41 Å². The first-order valence-corrected chi connectivity index (χ1v) is 20.5. The summed E-state index contributed by atoms with van der Waals surface area (Å²) >= 11 is 1.87. The highest BCUT2D eigenvalue weighted by atomic mass is 32.2. The van der Waals surface area contributed by atoms with Gasteiger partial charge < -0.3 is 0 Å². The summed E-state index contributed by atoms with van der Waals surface area (Å²) in [7, 11) is 0. The number of hydrogen-bond donors (Lipinski definition) is 0. The van der Waals surface area contributed by atoms with E-state index in [1.54, 1.807) is 0 Å². The van der Waals surface area contributed by atoms with E-state index in [0.29, 0.717) is 17.5 Å². The van der Waals surface area contributed by atoms with Crippen LogP contribution in [0.4, 0.5) is 0 Å². The normalized spacial score (nSPS) is 13.2. The van der Waals surface area contributed by atoms with Crippen molar-refractivity contribution in [2.24, 2.45) is 0 Å². The van der Waals surface area contributed by atoms with Gasteiger partial charge in [-0.25, -0.2) is 15.0 Å². The van der Waals surface area contributed by atoms with E-state index >= 15 is 0 Å². The summed E-state index contributed by atoms with van der Waals surface area (Å²) in [5, 5.41) is 4.84. The highest BCUT2D eigenvalue weighted by molar-refractivity contribution is 7.99. The third-order valence-electron chi connectivity index (χ3n) is 12.0. The van der Waals surface area contributed by atoms with Crippen LogP contribution < -0.4 is 0 Å². The van der Waals surface area contributed by atoms with E-state index in [2.05, 4.69) is 182 Å². The largest absolute Gasteiger partial charge is 0.208 e. The van der Waals surface area contributed by atoms with Crippen LogP contribution in [0, 0.1) is 0 Å². The minimum Gasteiger partial charge on any atom is -0.208 e. The Morgan fingerprint density at radius 2 is 0.828 bits per heavy atom. The van der Waals surface area contributed by atoms with Crippen molar-refractivity contribution < 1.29 is 0 Å². The first-order chi connectivity index (χ1) is 28.7. The van der Waals surface area contributed by atoms with Crippen LogP contribution in [-0.4, -0.2) is 15.0 Å². The van der Waals surface area contributed by atoms with Gasteiger partial charge in [0.05, 0.1) is 5.41 Å². The van der Waals surface area contributed by atoms with Crippen molar-refractivity contribution in [1.82, 2.24) is 15.0 Å². The standard InChI is InChI=1S/C54H33N3S/c1-2-13-36(14-3-1)51-55-52(57-53(56-51)40-28-30-42-39(32-40)27-24-35-12-4-5-15-41(35)42)37-25-22-34(23-26-37)38-29-31-48-50(33-38)58-49-21-11-10-20-47(49)54(48)45-18-8-6-16-43(45)44-17-7-9-19-46(44)54/h1-33H. The van der Waals surface area contributed by atoms with Gasteiger partial charge in [0.25, 0.3) is 0 Å². The highest BCUT2D eigenvalue weighted by Crippen LogP contribution is 2.62. The van der Waals surface area contributed by atoms with Crippen LogP contribution in [0.2, 0.25) is 0 Å². The molecule has 0 saturated heterocycles. The van der Waals surface area contributed by atoms with Crippen molar-refractivity contribution in [3.8, 4) is 56.4 Å². The first-order valence-electron chi connectivity index (χ1n) is 19.7. The molecule has 4 heteroatoms. The zero-order valence-corrected chi connectivity index (χ0v) is 32.1. The van der Waals surface area contributed by atoms with Gasteiger partial charge in [-0.05, 0) is 84.3 Å². The molecule has 0 bridgehead atoms. The lowest BCUT2D eigenvalue weighted by molar-refractivity contribution is 0.722. The van der Waals surface area contributed by atoms with Crippen LogP contribution in [0.3, 0.4) is 0 Å². The molecule has 0 N–H and O–H groups in total. The van der Waals surface area contributed by atoms with Gasteiger partial charge in [0.1, 0.15) is 0 Å². The second-order valence-electron chi connectivity index (χ2n) is 15.1. The van der Waals surface area contributed by atoms with Crippen molar-refractivity contribution in [2.45, 2.75) is 15.2 Å². The number of benzene rings is 9. The molecule has 0 fully saturated rings. The van der Waals surface area contributed by atoms with Gasteiger partial charge in [-0.2, -0.15) is 0 Å². The summed E-state index contributed by atoms with van der Waals surface area (Å²) in [4.78, 5) is 17.7. The molecule has 3 nitrogen and oxygen atoms in total. The zero-order chi connectivity index (χ0) is 38.2. The topological polar surface area (TPSA) is 38.7 Å². The third-order valence-corrected chi connectivity index (χ3v) is 13.1. The maximum Gasteiger partial charge on any atom is 0.164 e. The molecule has 12 rings (SSSR count). The Labute approximate surface area is 340 Å². The lowest BCUT2D eigenvalue weighted by Gasteiger charge is -2.39. The molecule has 1 spiro atoms. The fourth-order valence-electron chi connectivity index (χ4n) is 9.35. The van der Waals surface area contributed by atoms with Gasteiger partial charge in [-0.3, -0.25) is 0 Å². The molecule has 58 heavy (non-hydrogen) atoms. The van der Waals surface area contributed by atoms with Gasteiger partial charge in [0, 0.05) is 26.5 Å². The first kappa shape index (κ1) is 33.0. The van der Waals surface area contributed by atoms with Gasteiger partial charge in [0.2, 0.25) is 0 Å². The number of nitrogens with zero attached hydrogens (tertiary/aromatic N) is 3. The second kappa shape index (κ2) is 13.0. The molecule has 0 saturated carbocycles. The number of hydrogen-bond acceptors (Lipinski definition) is 4. The Morgan fingerprint density at radius 3 is 1.59 bits per heavy atom. The van der Waals surface area contributed by atoms with Crippen LogP contribution in [0.15, 0.2) is 210 Å². The van der Waals surface area contributed by atoms with Crippen LogP contribution in [0.5, 0.6) is 0 Å². The van der Waals surface area contributed by atoms with E-state index in [0.717, 1.165) is 27.6 Å². The predicted octanol–water partition coefficient (Wildman–Crippen LogP) is 13.7. The molecule has 1 aromatic heterocycles. The Morgan fingerprint density at radius 1 is 0.310 bits per heavy atom. The summed E-state index contributed by atoms with van der Waals surface area (Å²) < 4.78 is 0. The third kappa shape index (κ3) is 4.98. The second-order valence-corrected chi connectivity index (χ2v) is 16.2. The van der Waals surface area contributed by atoms with E-state index < -0.39 is 0 Å². The highest BCUT2D eigenvalue weighted by Gasteiger charge is 2.50. The molecule has 0 radical (unpaired) electrons. The molecule has 0 atom stereocenters. The minimum atomic E-state index is -0.377. The summed E-state index contributed by atoms with van der Waals surface area (Å²) in [6, 6.07) is 72.2. The van der Waals surface area contributed by atoms with Crippen molar-refractivity contribution in [3.05, 3.63) is 222 Å². The average Bonchev–Trinajstić information content (AvgIpc) is 3.59. The lowest BCUT2D eigenvalue weighted by atomic mass is 9.67. The molecular formula is C54H33N3S. The Bertz CT molecular complexity index is 3220. The average molecular weight is 756 g/mol. The van der Waals surface area contributed by atoms with E-state index in [1.807, 2.05) is 30.0 Å². The van der Waals surface area contributed by atoms with Crippen LogP contribution in [0.25, 0.3) is 78.0 Å². The number of fused-ring (bicyclic) bond motifs is 12. The van der Waals surface area contributed by atoms with Gasteiger partial charge in [-0.15, -0.1) is 0 Å². The number of aromatic nitrogens is 3. The minimum absolute atomic E-state index is 0.377. The molecule has 9 aromatic carbocycles. The van der Waals surface area contributed by atoms with Crippen LogP contribution >= 0.6 is 11.8 Å². The quantitative estimate of drug-likeness (QED) is 0.168. The summed E-state index contributed by atoms with van der Waals surface area (Å²) in [6.07, 6.45) is 0. The van der Waals surface area contributed by atoms with Crippen molar-refractivity contribution in [3.63, 3.8) is 0 Å². The Balaban J connectivity index is 0.950. The fraction of sp³-hybridized carbons (Fsp3) is 0.0185. The summed E-state index contributed by atoms with van der Waals surface area (Å²) in [5.74, 6) is 1.95. The van der Waals surface area contributed by atoms with E-state index in [4.69, 9.17) is 15.0 Å². The molecule has 0 amide bonds. The van der Waals surface area contributed by atoms with E-state index in [9.17, 15) is 0 Å². The maximum atomic E-state index is 5.10. The molecule has 2 heterocycles. The SMILES string of the molecule is c1ccc(-c2nc(-c3ccc(-c4ccc5c(c4)Sc4ccccc4C54c5ccccc5-c5ccccc54)cc3)nc(-c3ccc4c(ccc5ccccc54)c3)n2)cc1. The molecule has 270 valence electrons. The maximum absolute atomic E-state index is 5.10. The Kier molecular flexibility index (Phi) is 7.38. The predicted molar refractivity (Wildman–Crippen MR) is 238 cm³/mol. The molecular weight excluding hydrogens is 723 g/mol. The summed E-state index contributed by atoms with van der Waals surface area (Å²) in [6.45, 7) is 0.